The Bertz CT molecular complexity index is 1160. The van der Waals surface area contributed by atoms with Gasteiger partial charge in [0.15, 0.2) is 0 Å². The molecule has 3 N–H and O–H groups in total. The van der Waals surface area contributed by atoms with E-state index in [2.05, 4.69) is 41.7 Å². The van der Waals surface area contributed by atoms with E-state index in [0.29, 0.717) is 35.4 Å². The molecule has 0 saturated carbocycles. The fourth-order valence-electron chi connectivity index (χ4n) is 3.19. The summed E-state index contributed by atoms with van der Waals surface area (Å²) in [6.07, 6.45) is 5.02. The zero-order valence-electron chi connectivity index (χ0n) is 17.0. The molecule has 9 nitrogen and oxygen atoms in total. The van der Waals surface area contributed by atoms with Crippen molar-refractivity contribution in [1.82, 2.24) is 35.0 Å². The minimum atomic E-state index is -0.240. The molecule has 0 spiro atoms. The number of H-pyrrole nitrogens is 1. The average molecular weight is 402 g/mol. The number of aromatic nitrogens is 6. The first kappa shape index (κ1) is 19.3. The monoisotopic (exact) mass is 402 g/mol. The van der Waals surface area contributed by atoms with Gasteiger partial charge in [0.1, 0.15) is 17.2 Å². The zero-order valence-corrected chi connectivity index (χ0v) is 17.0. The molecule has 0 unspecified atom stereocenters. The summed E-state index contributed by atoms with van der Waals surface area (Å²) in [4.78, 5) is 28.4. The van der Waals surface area contributed by atoms with Gasteiger partial charge in [-0.15, -0.1) is 0 Å². The maximum absolute atomic E-state index is 12.5. The summed E-state index contributed by atoms with van der Waals surface area (Å²) in [5.74, 6) is 0.908. The van der Waals surface area contributed by atoms with E-state index < -0.39 is 0 Å². The quantitative estimate of drug-likeness (QED) is 0.457. The maximum atomic E-state index is 12.5. The molecule has 0 aliphatic heterocycles. The number of hydrogen-bond acceptors (Lipinski definition) is 6. The summed E-state index contributed by atoms with van der Waals surface area (Å²) < 4.78 is 1.53. The number of imidazole rings is 1. The van der Waals surface area contributed by atoms with Gasteiger partial charge in [-0.05, 0) is 49.2 Å². The first-order valence-corrected chi connectivity index (χ1v) is 9.47. The molecule has 0 atom stereocenters. The first-order chi connectivity index (χ1) is 14.5. The molecule has 0 bridgehead atoms. The third-order valence-electron chi connectivity index (χ3n) is 4.48. The standard InChI is InChI=1S/C21H22N8O/c1-13-8-14(2)10-15(9-13)26-21-24-5-4-16(27-21)17-11-18(29(3)28-17)20(30)25-12-19-22-6-7-23-19/h4-11H,12H2,1-3H3,(H,22,23)(H,25,30)(H,24,26,27). The van der Waals surface area contributed by atoms with Crippen LogP contribution in [0.5, 0.6) is 0 Å². The van der Waals surface area contributed by atoms with E-state index in [9.17, 15) is 4.79 Å². The Morgan fingerprint density at radius 2 is 1.87 bits per heavy atom. The van der Waals surface area contributed by atoms with Crippen molar-refractivity contribution in [3.63, 3.8) is 0 Å². The Kier molecular flexibility index (Phi) is 5.25. The van der Waals surface area contributed by atoms with Crippen molar-refractivity contribution >= 4 is 17.5 Å². The number of rotatable bonds is 6. The van der Waals surface area contributed by atoms with Crippen LogP contribution in [-0.4, -0.2) is 35.6 Å². The van der Waals surface area contributed by atoms with Crippen LogP contribution in [0, 0.1) is 13.8 Å². The number of aromatic amines is 1. The smallest absolute Gasteiger partial charge is 0.269 e. The molecule has 0 saturated heterocycles. The van der Waals surface area contributed by atoms with Crippen molar-refractivity contribution in [2.75, 3.05) is 5.32 Å². The van der Waals surface area contributed by atoms with Crippen LogP contribution < -0.4 is 10.6 Å². The number of aryl methyl sites for hydroxylation is 3. The van der Waals surface area contributed by atoms with E-state index >= 15 is 0 Å². The van der Waals surface area contributed by atoms with Crippen molar-refractivity contribution in [3.05, 3.63) is 71.6 Å². The molecule has 152 valence electrons. The molecule has 3 heterocycles. The van der Waals surface area contributed by atoms with Gasteiger partial charge in [-0.1, -0.05) is 6.07 Å². The van der Waals surface area contributed by atoms with E-state index in [4.69, 9.17) is 0 Å². The predicted molar refractivity (Wildman–Crippen MR) is 113 cm³/mol. The van der Waals surface area contributed by atoms with Crippen molar-refractivity contribution in [2.24, 2.45) is 7.05 Å². The lowest BCUT2D eigenvalue weighted by Crippen LogP contribution is -2.25. The van der Waals surface area contributed by atoms with Crippen LogP contribution in [0.2, 0.25) is 0 Å². The van der Waals surface area contributed by atoms with E-state index in [1.165, 1.54) is 4.68 Å². The van der Waals surface area contributed by atoms with Gasteiger partial charge in [-0.3, -0.25) is 9.48 Å². The highest BCUT2D eigenvalue weighted by Gasteiger charge is 2.15. The molecule has 9 heteroatoms. The molecule has 4 rings (SSSR count). The lowest BCUT2D eigenvalue weighted by atomic mass is 10.1. The predicted octanol–water partition coefficient (Wildman–Crippen LogP) is 2.89. The molecule has 0 fully saturated rings. The fourth-order valence-corrected chi connectivity index (χ4v) is 3.19. The highest BCUT2D eigenvalue weighted by Crippen LogP contribution is 2.21. The van der Waals surface area contributed by atoms with Crippen LogP contribution in [0.25, 0.3) is 11.4 Å². The number of amides is 1. The SMILES string of the molecule is Cc1cc(C)cc(Nc2nccc(-c3cc(C(=O)NCc4ncc[nH]4)n(C)n3)n2)c1. The molecule has 1 aromatic carbocycles. The van der Waals surface area contributed by atoms with Crippen LogP contribution in [0.3, 0.4) is 0 Å². The Hall–Kier alpha value is -4.01. The highest BCUT2D eigenvalue weighted by molar-refractivity contribution is 5.93. The summed E-state index contributed by atoms with van der Waals surface area (Å²) >= 11 is 0. The van der Waals surface area contributed by atoms with Gasteiger partial charge >= 0.3 is 0 Å². The van der Waals surface area contributed by atoms with Crippen molar-refractivity contribution in [2.45, 2.75) is 20.4 Å². The fraction of sp³-hybridized carbons (Fsp3) is 0.190. The minimum absolute atomic E-state index is 0.240. The molecule has 0 aliphatic rings. The normalized spacial score (nSPS) is 10.8. The maximum Gasteiger partial charge on any atom is 0.269 e. The Balaban J connectivity index is 1.52. The highest BCUT2D eigenvalue weighted by atomic mass is 16.2. The number of hydrogen-bond donors (Lipinski definition) is 3. The topological polar surface area (TPSA) is 113 Å². The number of carbonyl (C=O) groups excluding carboxylic acids is 1. The second-order valence-electron chi connectivity index (χ2n) is 7.02. The van der Waals surface area contributed by atoms with Crippen molar-refractivity contribution in [3.8, 4) is 11.4 Å². The van der Waals surface area contributed by atoms with Gasteiger partial charge in [-0.2, -0.15) is 5.10 Å². The van der Waals surface area contributed by atoms with Crippen LogP contribution >= 0.6 is 0 Å². The van der Waals surface area contributed by atoms with Gasteiger partial charge < -0.3 is 15.6 Å². The molecule has 3 aromatic heterocycles. The molecular weight excluding hydrogens is 380 g/mol. The zero-order chi connectivity index (χ0) is 21.1. The van der Waals surface area contributed by atoms with Crippen molar-refractivity contribution < 1.29 is 4.79 Å². The van der Waals surface area contributed by atoms with Gasteiger partial charge in [0.05, 0.1) is 12.2 Å². The summed E-state index contributed by atoms with van der Waals surface area (Å²) in [5.41, 5.74) is 4.87. The van der Waals surface area contributed by atoms with E-state index in [1.807, 2.05) is 26.0 Å². The third-order valence-corrected chi connectivity index (χ3v) is 4.48. The van der Waals surface area contributed by atoms with Crippen LogP contribution in [0.4, 0.5) is 11.6 Å². The van der Waals surface area contributed by atoms with E-state index in [0.717, 1.165) is 16.8 Å². The molecule has 0 aliphatic carbocycles. The van der Waals surface area contributed by atoms with E-state index in [-0.39, 0.29) is 5.91 Å². The van der Waals surface area contributed by atoms with Gasteiger partial charge in [0, 0.05) is 31.3 Å². The number of nitrogens with zero attached hydrogens (tertiary/aromatic N) is 5. The summed E-state index contributed by atoms with van der Waals surface area (Å²) in [5, 5.41) is 10.5. The average Bonchev–Trinajstić information content (AvgIpc) is 3.35. The Morgan fingerprint density at radius 3 is 2.60 bits per heavy atom. The second-order valence-corrected chi connectivity index (χ2v) is 7.02. The molecule has 0 radical (unpaired) electrons. The Morgan fingerprint density at radius 1 is 1.07 bits per heavy atom. The molecule has 30 heavy (non-hydrogen) atoms. The number of nitrogens with one attached hydrogen (secondary N) is 3. The summed E-state index contributed by atoms with van der Waals surface area (Å²) in [6.45, 7) is 4.40. The van der Waals surface area contributed by atoms with E-state index in [1.54, 1.807) is 37.8 Å². The number of carbonyl (C=O) groups is 1. The molecule has 1 amide bonds. The van der Waals surface area contributed by atoms with Crippen LogP contribution in [-0.2, 0) is 13.6 Å². The Labute approximate surface area is 173 Å². The minimum Gasteiger partial charge on any atom is -0.347 e. The lowest BCUT2D eigenvalue weighted by molar-refractivity contribution is 0.0940. The van der Waals surface area contributed by atoms with Crippen LogP contribution in [0.15, 0.2) is 48.9 Å². The largest absolute Gasteiger partial charge is 0.347 e. The molecule has 4 aromatic rings. The summed E-state index contributed by atoms with van der Waals surface area (Å²) in [7, 11) is 1.72. The lowest BCUT2D eigenvalue weighted by Gasteiger charge is -2.07. The number of anilines is 2. The third kappa shape index (κ3) is 4.35. The molecular formula is C21H22N8O. The van der Waals surface area contributed by atoms with Crippen LogP contribution in [0.1, 0.15) is 27.4 Å². The first-order valence-electron chi connectivity index (χ1n) is 9.47. The van der Waals surface area contributed by atoms with Gasteiger partial charge in [-0.25, -0.2) is 15.0 Å². The second kappa shape index (κ2) is 8.16. The van der Waals surface area contributed by atoms with Gasteiger partial charge in [0.2, 0.25) is 5.95 Å². The van der Waals surface area contributed by atoms with Crippen molar-refractivity contribution in [1.29, 1.82) is 0 Å². The van der Waals surface area contributed by atoms with Gasteiger partial charge in [0.25, 0.3) is 5.91 Å². The number of benzene rings is 1. The summed E-state index contributed by atoms with van der Waals surface area (Å²) in [6, 6.07) is 9.64.